The zero-order valence-electron chi connectivity index (χ0n) is 8.76. The summed E-state index contributed by atoms with van der Waals surface area (Å²) in [5, 5.41) is 10.1. The second kappa shape index (κ2) is 5.19. The second-order valence-electron chi connectivity index (χ2n) is 3.99. The number of aliphatic hydroxyl groups is 1. The molecule has 15 heavy (non-hydrogen) atoms. The highest BCUT2D eigenvalue weighted by Crippen LogP contribution is 2.26. The van der Waals surface area contributed by atoms with Crippen molar-refractivity contribution in [1.29, 1.82) is 0 Å². The molecule has 0 aromatic heterocycles. The van der Waals surface area contributed by atoms with Crippen molar-refractivity contribution in [3.63, 3.8) is 0 Å². The number of ether oxygens (including phenoxy) is 1. The van der Waals surface area contributed by atoms with Crippen molar-refractivity contribution in [3.8, 4) is 5.75 Å². The topological polar surface area (TPSA) is 29.5 Å². The van der Waals surface area contributed by atoms with Gasteiger partial charge in [-0.25, -0.2) is 0 Å². The number of benzene rings is 1. The van der Waals surface area contributed by atoms with Gasteiger partial charge < -0.3 is 9.84 Å². The molecule has 0 heterocycles. The number of hydrogen-bond donors (Lipinski definition) is 1. The number of rotatable bonds is 4. The molecule has 0 aliphatic rings. The van der Waals surface area contributed by atoms with Crippen LogP contribution in [0, 0.1) is 0 Å². The van der Waals surface area contributed by atoms with Crippen LogP contribution in [0.25, 0.3) is 0 Å². The van der Waals surface area contributed by atoms with E-state index < -0.39 is 5.60 Å². The first-order chi connectivity index (χ1) is 6.88. The fraction of sp³-hybridized carbons (Fsp3) is 0.455. The van der Waals surface area contributed by atoms with Crippen LogP contribution in [-0.4, -0.2) is 17.3 Å². The molecule has 0 saturated carbocycles. The molecule has 0 unspecified atom stereocenters. The summed E-state index contributed by atoms with van der Waals surface area (Å²) in [6, 6.07) is 5.41. The minimum absolute atomic E-state index is 0.474. The molecule has 0 fully saturated rings. The van der Waals surface area contributed by atoms with E-state index in [-0.39, 0.29) is 0 Å². The molecule has 1 rings (SSSR count). The SMILES string of the molecule is CC(C)(O)CCOc1ccc(Br)c(Cl)c1. The van der Waals surface area contributed by atoms with Crippen molar-refractivity contribution in [1.82, 2.24) is 0 Å². The van der Waals surface area contributed by atoms with Crippen LogP contribution in [0.15, 0.2) is 22.7 Å². The summed E-state index contributed by atoms with van der Waals surface area (Å²) in [6.07, 6.45) is 0.584. The zero-order chi connectivity index (χ0) is 11.5. The van der Waals surface area contributed by atoms with Crippen LogP contribution in [-0.2, 0) is 0 Å². The maximum Gasteiger partial charge on any atom is 0.120 e. The van der Waals surface area contributed by atoms with E-state index in [4.69, 9.17) is 16.3 Å². The third-order valence-corrected chi connectivity index (χ3v) is 3.11. The van der Waals surface area contributed by atoms with E-state index in [1.165, 1.54) is 0 Å². The summed E-state index contributed by atoms with van der Waals surface area (Å²) in [5.74, 6) is 0.715. The lowest BCUT2D eigenvalue weighted by atomic mass is 10.1. The summed E-state index contributed by atoms with van der Waals surface area (Å²) in [5.41, 5.74) is -0.695. The Bertz CT molecular complexity index is 334. The standard InChI is InChI=1S/C11H14BrClO2/c1-11(2,14)5-6-15-8-3-4-9(12)10(13)7-8/h3-4,7,14H,5-6H2,1-2H3. The largest absolute Gasteiger partial charge is 0.493 e. The molecular weight excluding hydrogens is 279 g/mol. The van der Waals surface area contributed by atoms with Crippen LogP contribution >= 0.6 is 27.5 Å². The maximum absolute atomic E-state index is 9.48. The van der Waals surface area contributed by atoms with Crippen molar-refractivity contribution in [2.24, 2.45) is 0 Å². The second-order valence-corrected chi connectivity index (χ2v) is 5.25. The Morgan fingerprint density at radius 3 is 2.67 bits per heavy atom. The molecule has 4 heteroatoms. The highest BCUT2D eigenvalue weighted by atomic mass is 79.9. The van der Waals surface area contributed by atoms with Gasteiger partial charge in [0.05, 0.1) is 17.2 Å². The molecule has 1 N–H and O–H groups in total. The van der Waals surface area contributed by atoms with Crippen LogP contribution in [0.2, 0.25) is 5.02 Å². The van der Waals surface area contributed by atoms with Crippen LogP contribution in [0.4, 0.5) is 0 Å². The van der Waals surface area contributed by atoms with Gasteiger partial charge in [0.25, 0.3) is 0 Å². The van der Waals surface area contributed by atoms with Crippen molar-refractivity contribution in [3.05, 3.63) is 27.7 Å². The Balaban J connectivity index is 2.48. The highest BCUT2D eigenvalue weighted by Gasteiger charge is 2.12. The van der Waals surface area contributed by atoms with Crippen LogP contribution < -0.4 is 4.74 Å². The first-order valence-corrected chi connectivity index (χ1v) is 5.86. The van der Waals surface area contributed by atoms with Crippen molar-refractivity contribution in [2.75, 3.05) is 6.61 Å². The Hall–Kier alpha value is -0.250. The van der Waals surface area contributed by atoms with Gasteiger partial charge in [-0.2, -0.15) is 0 Å². The van der Waals surface area contributed by atoms with Gasteiger partial charge >= 0.3 is 0 Å². The fourth-order valence-electron chi connectivity index (χ4n) is 0.985. The van der Waals surface area contributed by atoms with Gasteiger partial charge in [0.2, 0.25) is 0 Å². The van der Waals surface area contributed by atoms with Gasteiger partial charge in [0.15, 0.2) is 0 Å². The van der Waals surface area contributed by atoms with Gasteiger partial charge in [-0.05, 0) is 48.0 Å². The van der Waals surface area contributed by atoms with Crippen molar-refractivity contribution < 1.29 is 9.84 Å². The summed E-state index contributed by atoms with van der Waals surface area (Å²) in [7, 11) is 0. The minimum Gasteiger partial charge on any atom is -0.493 e. The molecular formula is C11H14BrClO2. The zero-order valence-corrected chi connectivity index (χ0v) is 11.1. The van der Waals surface area contributed by atoms with Gasteiger partial charge in [-0.15, -0.1) is 0 Å². The van der Waals surface area contributed by atoms with E-state index in [0.717, 1.165) is 4.47 Å². The molecule has 1 aromatic rings. The van der Waals surface area contributed by atoms with Crippen LogP contribution in [0.1, 0.15) is 20.3 Å². The lowest BCUT2D eigenvalue weighted by molar-refractivity contribution is 0.0553. The molecule has 0 aliphatic heterocycles. The third-order valence-electron chi connectivity index (χ3n) is 1.87. The highest BCUT2D eigenvalue weighted by molar-refractivity contribution is 9.10. The third kappa shape index (κ3) is 4.87. The van der Waals surface area contributed by atoms with Gasteiger partial charge in [0, 0.05) is 10.9 Å². The lowest BCUT2D eigenvalue weighted by Gasteiger charge is -2.17. The molecule has 0 aliphatic carbocycles. The van der Waals surface area contributed by atoms with Crippen molar-refractivity contribution in [2.45, 2.75) is 25.9 Å². The van der Waals surface area contributed by atoms with E-state index in [0.29, 0.717) is 23.8 Å². The minimum atomic E-state index is -0.695. The average Bonchev–Trinajstić information content (AvgIpc) is 2.09. The Labute approximate surface area is 103 Å². The van der Waals surface area contributed by atoms with Gasteiger partial charge in [-0.3, -0.25) is 0 Å². The summed E-state index contributed by atoms with van der Waals surface area (Å²) in [4.78, 5) is 0. The summed E-state index contributed by atoms with van der Waals surface area (Å²) < 4.78 is 6.30. The number of hydrogen-bond acceptors (Lipinski definition) is 2. The quantitative estimate of drug-likeness (QED) is 0.918. The normalized spacial score (nSPS) is 11.5. The average molecular weight is 294 g/mol. The molecule has 0 radical (unpaired) electrons. The molecule has 84 valence electrons. The predicted octanol–water partition coefficient (Wildman–Crippen LogP) is 3.64. The fourth-order valence-corrected chi connectivity index (χ4v) is 1.40. The summed E-state index contributed by atoms with van der Waals surface area (Å²) in [6.45, 7) is 3.98. The summed E-state index contributed by atoms with van der Waals surface area (Å²) >= 11 is 9.21. The van der Waals surface area contributed by atoms with E-state index in [2.05, 4.69) is 15.9 Å². The lowest BCUT2D eigenvalue weighted by Crippen LogP contribution is -2.21. The van der Waals surface area contributed by atoms with Gasteiger partial charge in [-0.1, -0.05) is 11.6 Å². The molecule has 0 saturated heterocycles. The molecule has 0 atom stereocenters. The Morgan fingerprint density at radius 2 is 2.13 bits per heavy atom. The smallest absolute Gasteiger partial charge is 0.120 e. The van der Waals surface area contributed by atoms with Gasteiger partial charge in [0.1, 0.15) is 5.75 Å². The molecule has 0 spiro atoms. The number of halogens is 2. The molecule has 2 nitrogen and oxygen atoms in total. The first kappa shape index (κ1) is 12.8. The van der Waals surface area contributed by atoms with E-state index in [1.54, 1.807) is 19.9 Å². The van der Waals surface area contributed by atoms with Crippen LogP contribution in [0.5, 0.6) is 5.75 Å². The Kier molecular flexibility index (Phi) is 4.44. The molecule has 0 amide bonds. The molecule has 1 aromatic carbocycles. The maximum atomic E-state index is 9.48. The molecule has 0 bridgehead atoms. The van der Waals surface area contributed by atoms with E-state index in [9.17, 15) is 5.11 Å². The van der Waals surface area contributed by atoms with Crippen molar-refractivity contribution >= 4 is 27.5 Å². The van der Waals surface area contributed by atoms with E-state index >= 15 is 0 Å². The monoisotopic (exact) mass is 292 g/mol. The van der Waals surface area contributed by atoms with Crippen LogP contribution in [0.3, 0.4) is 0 Å². The van der Waals surface area contributed by atoms with E-state index in [1.807, 2.05) is 12.1 Å². The predicted molar refractivity (Wildman–Crippen MR) is 65.6 cm³/mol. The first-order valence-electron chi connectivity index (χ1n) is 4.69. The Morgan fingerprint density at radius 1 is 1.47 bits per heavy atom.